The molecule has 1 heterocycles. The van der Waals surface area contributed by atoms with Gasteiger partial charge >= 0.3 is 0 Å². The minimum atomic E-state index is 0.604. The van der Waals surface area contributed by atoms with Crippen LogP contribution >= 0.6 is 0 Å². The first kappa shape index (κ1) is 13.2. The van der Waals surface area contributed by atoms with Crippen molar-refractivity contribution < 1.29 is 0 Å². The lowest BCUT2D eigenvalue weighted by atomic mass is 10.00. The van der Waals surface area contributed by atoms with Gasteiger partial charge in [-0.3, -0.25) is 0 Å². The third-order valence-corrected chi connectivity index (χ3v) is 4.10. The molecule has 0 amide bonds. The predicted octanol–water partition coefficient (Wildman–Crippen LogP) is 3.80. The Morgan fingerprint density at radius 1 is 0.850 bits per heavy atom. The second-order valence-electron chi connectivity index (χ2n) is 5.46. The van der Waals surface area contributed by atoms with Crippen molar-refractivity contribution >= 4 is 5.69 Å². The number of piperidine rings is 1. The normalized spacial score (nSPS) is 15.3. The lowest BCUT2D eigenvalue weighted by Gasteiger charge is -2.30. The van der Waals surface area contributed by atoms with Crippen LogP contribution in [0.3, 0.4) is 0 Å². The fourth-order valence-corrected chi connectivity index (χ4v) is 3.00. The van der Waals surface area contributed by atoms with Crippen LogP contribution in [0.1, 0.15) is 24.8 Å². The Hall–Kier alpha value is -1.80. The molecule has 0 bridgehead atoms. The summed E-state index contributed by atoms with van der Waals surface area (Å²) in [5.74, 6) is 0. The molecule has 2 aromatic carbocycles. The van der Waals surface area contributed by atoms with Gasteiger partial charge in [0.1, 0.15) is 0 Å². The molecule has 0 atom stereocenters. The van der Waals surface area contributed by atoms with E-state index in [4.69, 9.17) is 5.73 Å². The highest BCUT2D eigenvalue weighted by Gasteiger charge is 2.14. The summed E-state index contributed by atoms with van der Waals surface area (Å²) in [7, 11) is 0. The summed E-state index contributed by atoms with van der Waals surface area (Å²) in [5, 5.41) is 0. The number of hydrogen-bond donors (Lipinski definition) is 1. The van der Waals surface area contributed by atoms with Crippen LogP contribution in [0.25, 0.3) is 11.1 Å². The fourth-order valence-electron chi connectivity index (χ4n) is 3.00. The summed E-state index contributed by atoms with van der Waals surface area (Å²) >= 11 is 0. The van der Waals surface area contributed by atoms with Crippen LogP contribution in [-0.4, -0.2) is 13.1 Å². The van der Waals surface area contributed by atoms with E-state index in [0.29, 0.717) is 6.54 Å². The van der Waals surface area contributed by atoms with E-state index in [1.54, 1.807) is 0 Å². The first-order chi connectivity index (χ1) is 9.88. The third-order valence-electron chi connectivity index (χ3n) is 4.10. The quantitative estimate of drug-likeness (QED) is 0.915. The average molecular weight is 266 g/mol. The van der Waals surface area contributed by atoms with E-state index < -0.39 is 0 Å². The molecule has 2 heteroatoms. The molecule has 104 valence electrons. The number of nitrogens with zero attached hydrogens (tertiary/aromatic N) is 1. The molecule has 1 saturated heterocycles. The van der Waals surface area contributed by atoms with Gasteiger partial charge < -0.3 is 10.6 Å². The summed E-state index contributed by atoms with van der Waals surface area (Å²) < 4.78 is 0. The minimum Gasteiger partial charge on any atom is -0.371 e. The van der Waals surface area contributed by atoms with Crippen LogP contribution in [0.15, 0.2) is 48.5 Å². The van der Waals surface area contributed by atoms with Gasteiger partial charge in [-0.2, -0.15) is 0 Å². The SMILES string of the molecule is NCc1cc(-c2ccccc2)ccc1N1CCCCC1. The third kappa shape index (κ3) is 2.70. The van der Waals surface area contributed by atoms with Gasteiger partial charge in [-0.05, 0) is 48.1 Å². The summed E-state index contributed by atoms with van der Waals surface area (Å²) in [5.41, 5.74) is 11.1. The van der Waals surface area contributed by atoms with E-state index >= 15 is 0 Å². The minimum absolute atomic E-state index is 0.604. The maximum Gasteiger partial charge on any atom is 0.0412 e. The van der Waals surface area contributed by atoms with E-state index in [0.717, 1.165) is 13.1 Å². The van der Waals surface area contributed by atoms with Crippen LogP contribution in [0.5, 0.6) is 0 Å². The maximum absolute atomic E-state index is 5.98. The molecule has 0 aromatic heterocycles. The highest BCUT2D eigenvalue weighted by Crippen LogP contribution is 2.29. The average Bonchev–Trinajstić information content (AvgIpc) is 2.56. The van der Waals surface area contributed by atoms with Gasteiger partial charge in [-0.25, -0.2) is 0 Å². The Bertz CT molecular complexity index is 557. The van der Waals surface area contributed by atoms with Crippen LogP contribution in [0.4, 0.5) is 5.69 Å². The monoisotopic (exact) mass is 266 g/mol. The van der Waals surface area contributed by atoms with Gasteiger partial charge in [0.05, 0.1) is 0 Å². The second kappa shape index (κ2) is 6.10. The molecule has 1 aliphatic heterocycles. The number of anilines is 1. The molecule has 1 aliphatic rings. The zero-order valence-corrected chi connectivity index (χ0v) is 11.9. The van der Waals surface area contributed by atoms with E-state index in [-0.39, 0.29) is 0 Å². The van der Waals surface area contributed by atoms with Crippen molar-refractivity contribution in [2.24, 2.45) is 5.73 Å². The van der Waals surface area contributed by atoms with Crippen molar-refractivity contribution in [3.8, 4) is 11.1 Å². The van der Waals surface area contributed by atoms with Gasteiger partial charge in [-0.1, -0.05) is 36.4 Å². The van der Waals surface area contributed by atoms with Crippen molar-refractivity contribution in [2.45, 2.75) is 25.8 Å². The molecule has 2 aromatic rings. The standard InChI is InChI=1S/C18H22N2/c19-14-17-13-16(15-7-3-1-4-8-15)9-10-18(17)20-11-5-2-6-12-20/h1,3-4,7-10,13H,2,5-6,11-12,14,19H2. The van der Waals surface area contributed by atoms with Crippen LogP contribution in [0.2, 0.25) is 0 Å². The van der Waals surface area contributed by atoms with Crippen molar-refractivity contribution in [3.05, 3.63) is 54.1 Å². The fraction of sp³-hybridized carbons (Fsp3) is 0.333. The molecule has 0 radical (unpaired) electrons. The predicted molar refractivity (Wildman–Crippen MR) is 85.8 cm³/mol. The van der Waals surface area contributed by atoms with E-state index in [2.05, 4.69) is 53.4 Å². The smallest absolute Gasteiger partial charge is 0.0412 e. The molecule has 2 nitrogen and oxygen atoms in total. The summed E-state index contributed by atoms with van der Waals surface area (Å²) in [6, 6.07) is 17.2. The molecule has 0 aliphatic carbocycles. The highest BCUT2D eigenvalue weighted by atomic mass is 15.1. The van der Waals surface area contributed by atoms with Gasteiger partial charge in [-0.15, -0.1) is 0 Å². The summed E-state index contributed by atoms with van der Waals surface area (Å²) in [6.45, 7) is 2.93. The molecular weight excluding hydrogens is 244 g/mol. The van der Waals surface area contributed by atoms with Gasteiger partial charge in [0, 0.05) is 25.3 Å². The summed E-state index contributed by atoms with van der Waals surface area (Å²) in [4.78, 5) is 2.49. The molecule has 2 N–H and O–H groups in total. The van der Waals surface area contributed by atoms with E-state index in [1.807, 2.05) is 0 Å². The lowest BCUT2D eigenvalue weighted by Crippen LogP contribution is -2.30. The Labute approximate surface area is 121 Å². The zero-order chi connectivity index (χ0) is 13.8. The van der Waals surface area contributed by atoms with Gasteiger partial charge in [0.15, 0.2) is 0 Å². The zero-order valence-electron chi connectivity index (χ0n) is 11.9. The molecule has 0 saturated carbocycles. The van der Waals surface area contributed by atoms with E-state index in [9.17, 15) is 0 Å². The number of benzene rings is 2. The van der Waals surface area contributed by atoms with Crippen LogP contribution in [0, 0.1) is 0 Å². The molecule has 1 fully saturated rings. The lowest BCUT2D eigenvalue weighted by molar-refractivity contribution is 0.576. The van der Waals surface area contributed by atoms with Crippen LogP contribution in [-0.2, 0) is 6.54 Å². The van der Waals surface area contributed by atoms with Crippen molar-refractivity contribution in [1.29, 1.82) is 0 Å². The highest BCUT2D eigenvalue weighted by molar-refractivity contribution is 5.69. The molecule has 0 spiro atoms. The first-order valence-electron chi connectivity index (χ1n) is 7.52. The molecule has 0 unspecified atom stereocenters. The van der Waals surface area contributed by atoms with Crippen molar-refractivity contribution in [2.75, 3.05) is 18.0 Å². The van der Waals surface area contributed by atoms with Gasteiger partial charge in [0.2, 0.25) is 0 Å². The van der Waals surface area contributed by atoms with Crippen molar-refractivity contribution in [1.82, 2.24) is 0 Å². The van der Waals surface area contributed by atoms with E-state index in [1.165, 1.54) is 41.6 Å². The topological polar surface area (TPSA) is 29.3 Å². The summed E-state index contributed by atoms with van der Waals surface area (Å²) in [6.07, 6.45) is 3.95. The van der Waals surface area contributed by atoms with Gasteiger partial charge in [0.25, 0.3) is 0 Å². The van der Waals surface area contributed by atoms with Crippen LogP contribution < -0.4 is 10.6 Å². The molecule has 3 rings (SSSR count). The second-order valence-corrected chi connectivity index (χ2v) is 5.46. The van der Waals surface area contributed by atoms with Crippen molar-refractivity contribution in [3.63, 3.8) is 0 Å². The number of hydrogen-bond acceptors (Lipinski definition) is 2. The molecule has 20 heavy (non-hydrogen) atoms. The largest absolute Gasteiger partial charge is 0.371 e. The Morgan fingerprint density at radius 3 is 2.30 bits per heavy atom. The number of rotatable bonds is 3. The first-order valence-corrected chi connectivity index (χ1v) is 7.52. The molecular formula is C18H22N2. The Balaban J connectivity index is 1.93. The number of nitrogens with two attached hydrogens (primary N) is 1. The Morgan fingerprint density at radius 2 is 1.60 bits per heavy atom. The Kier molecular flexibility index (Phi) is 4.03. The maximum atomic E-state index is 5.98.